The number of para-hydroxylation sites is 1. The molecule has 12 nitrogen and oxygen atoms in total. The topological polar surface area (TPSA) is 184 Å². The number of aromatic nitrogens is 1. The van der Waals surface area contributed by atoms with E-state index in [-0.39, 0.29) is 23.0 Å². The molecule has 0 aliphatic carbocycles. The van der Waals surface area contributed by atoms with Gasteiger partial charge in [0, 0.05) is 23.4 Å². The molecule has 2 aromatic carbocycles. The van der Waals surface area contributed by atoms with Crippen molar-refractivity contribution >= 4 is 28.8 Å². The average molecular weight is 478 g/mol. The molecule has 0 atom stereocenters. The number of benzene rings is 2. The maximum absolute atomic E-state index is 11.4. The maximum Gasteiger partial charge on any atom is 2.00 e. The minimum Gasteiger partial charge on any atom is -0.465 e. The number of rotatable bonds is 3. The fourth-order valence-corrected chi connectivity index (χ4v) is 2.18. The van der Waals surface area contributed by atoms with Crippen molar-refractivity contribution in [3.8, 4) is 0 Å². The molecule has 165 valence electrons. The minimum atomic E-state index is -1.75. The number of nitrogens with zero attached hydrogens (tertiary/aromatic N) is 4. The first-order chi connectivity index (χ1) is 14.2. The second-order valence-electron chi connectivity index (χ2n) is 5.17. The number of carbonyl (C=O) groups excluding carboxylic acids is 1. The van der Waals surface area contributed by atoms with Gasteiger partial charge in [-0.1, -0.05) is 24.3 Å². The van der Waals surface area contributed by atoms with Crippen molar-refractivity contribution in [1.29, 1.82) is 0 Å². The molecule has 0 unspecified atom stereocenters. The molecule has 13 heteroatoms. The molecule has 3 aromatic rings. The third-order valence-corrected chi connectivity index (χ3v) is 3.31. The quantitative estimate of drug-likeness (QED) is 0.179. The predicted octanol–water partition coefficient (Wildman–Crippen LogP) is 3.29. The van der Waals surface area contributed by atoms with Crippen LogP contribution in [0.15, 0.2) is 65.8 Å². The largest absolute Gasteiger partial charge is 2.00 e. The molecule has 0 aliphatic rings. The smallest absolute Gasteiger partial charge is 0.465 e. The first-order valence-electron chi connectivity index (χ1n) is 7.93. The van der Waals surface area contributed by atoms with Crippen LogP contribution >= 0.6 is 0 Å². The normalized spacial score (nSPS) is 9.32. The zero-order valence-corrected chi connectivity index (χ0v) is 16.6. The fraction of sp³-hybridized carbons (Fsp3) is 0.0556. The minimum absolute atomic E-state index is 0. The van der Waals surface area contributed by atoms with Crippen molar-refractivity contribution in [2.45, 2.75) is 0 Å². The first kappa shape index (κ1) is 26.9. The van der Waals surface area contributed by atoms with E-state index in [1.54, 1.807) is 36.7 Å². The standard InChI is InChI=1S/C18H14N2O2.Cu.2NO3/c1-22-18(21)14-7-9-16(10-8-14)20-12-15-5-2-4-13-6-3-11-19-17(13)15;;2*2-1(3)4/h2-12H,1H3;;;/q;+2;2*-1. The van der Waals surface area contributed by atoms with Crippen molar-refractivity contribution < 1.29 is 36.8 Å². The van der Waals surface area contributed by atoms with Gasteiger partial charge in [0.1, 0.15) is 0 Å². The zero-order chi connectivity index (χ0) is 22.5. The summed E-state index contributed by atoms with van der Waals surface area (Å²) in [6.45, 7) is 0. The molecule has 0 spiro atoms. The number of hydrogen-bond acceptors (Lipinski definition) is 10. The summed E-state index contributed by atoms with van der Waals surface area (Å²) in [4.78, 5) is 36.7. The predicted molar refractivity (Wildman–Crippen MR) is 108 cm³/mol. The summed E-state index contributed by atoms with van der Waals surface area (Å²) in [5, 5.41) is 30.6. The number of pyridine rings is 1. The van der Waals surface area contributed by atoms with Crippen LogP contribution in [0.25, 0.3) is 10.9 Å². The second kappa shape index (κ2) is 14.0. The molecule has 0 aliphatic heterocycles. The monoisotopic (exact) mass is 477 g/mol. The van der Waals surface area contributed by atoms with Gasteiger partial charge in [-0.25, -0.2) is 4.79 Å². The van der Waals surface area contributed by atoms with Crippen LogP contribution in [0.5, 0.6) is 0 Å². The Morgan fingerprint density at radius 2 is 1.52 bits per heavy atom. The summed E-state index contributed by atoms with van der Waals surface area (Å²) in [5.74, 6) is -0.353. The van der Waals surface area contributed by atoms with Crippen LogP contribution in [0.4, 0.5) is 5.69 Å². The summed E-state index contributed by atoms with van der Waals surface area (Å²) in [6, 6.07) is 16.8. The summed E-state index contributed by atoms with van der Waals surface area (Å²) < 4.78 is 4.67. The zero-order valence-electron chi connectivity index (χ0n) is 15.7. The van der Waals surface area contributed by atoms with Crippen LogP contribution in [0.3, 0.4) is 0 Å². The van der Waals surface area contributed by atoms with E-state index < -0.39 is 10.2 Å². The SMILES string of the molecule is COC(=O)c1ccc(N=Cc2cccc3cccnc23)cc1.O=[N+]([O-])[O-].O=[N+]([O-])[O-].[Cu+2]. The number of methoxy groups -OCH3 is 1. The van der Waals surface area contributed by atoms with E-state index in [0.717, 1.165) is 22.2 Å². The molecule has 0 saturated carbocycles. The maximum atomic E-state index is 11.4. The van der Waals surface area contributed by atoms with Gasteiger partial charge in [-0.2, -0.15) is 0 Å². The Morgan fingerprint density at radius 1 is 0.968 bits per heavy atom. The van der Waals surface area contributed by atoms with Gasteiger partial charge < -0.3 is 35.4 Å². The van der Waals surface area contributed by atoms with Gasteiger partial charge in [0.15, 0.2) is 0 Å². The molecule has 1 radical (unpaired) electrons. The Hall–Kier alpha value is -4.09. The van der Waals surface area contributed by atoms with Crippen molar-refractivity contribution in [3.05, 3.63) is 103 Å². The van der Waals surface area contributed by atoms with Gasteiger partial charge in [0.2, 0.25) is 0 Å². The third kappa shape index (κ3) is 10.3. The van der Waals surface area contributed by atoms with Gasteiger partial charge in [-0.3, -0.25) is 9.98 Å². The number of fused-ring (bicyclic) bond motifs is 1. The van der Waals surface area contributed by atoms with Crippen LogP contribution in [-0.2, 0) is 21.8 Å². The van der Waals surface area contributed by atoms with E-state index in [4.69, 9.17) is 30.6 Å². The summed E-state index contributed by atoms with van der Waals surface area (Å²) in [5.41, 5.74) is 3.14. The number of carbonyl (C=O) groups is 1. The van der Waals surface area contributed by atoms with Crippen LogP contribution < -0.4 is 0 Å². The summed E-state index contributed by atoms with van der Waals surface area (Å²) in [6.07, 6.45) is 3.55. The van der Waals surface area contributed by atoms with E-state index in [2.05, 4.69) is 14.7 Å². The van der Waals surface area contributed by atoms with Gasteiger partial charge in [0.05, 0.1) is 34.1 Å². The van der Waals surface area contributed by atoms with E-state index in [1.165, 1.54) is 7.11 Å². The molecule has 1 aromatic heterocycles. The Bertz CT molecular complexity index is 1020. The fourth-order valence-electron chi connectivity index (χ4n) is 2.18. The van der Waals surface area contributed by atoms with Crippen molar-refractivity contribution in [2.75, 3.05) is 7.11 Å². The van der Waals surface area contributed by atoms with E-state index in [9.17, 15) is 4.79 Å². The Balaban J connectivity index is 0.000000867. The van der Waals surface area contributed by atoms with Crippen molar-refractivity contribution in [3.63, 3.8) is 0 Å². The van der Waals surface area contributed by atoms with Crippen LogP contribution in [-0.4, -0.2) is 34.5 Å². The molecule has 0 N–H and O–H groups in total. The van der Waals surface area contributed by atoms with E-state index in [1.807, 2.05) is 30.3 Å². The molecule has 0 saturated heterocycles. The van der Waals surface area contributed by atoms with Crippen molar-refractivity contribution in [2.24, 2.45) is 4.99 Å². The Labute approximate surface area is 185 Å². The van der Waals surface area contributed by atoms with E-state index in [0.29, 0.717) is 5.56 Å². The van der Waals surface area contributed by atoms with Crippen LogP contribution in [0.1, 0.15) is 15.9 Å². The number of esters is 1. The number of hydrogen-bond donors (Lipinski definition) is 0. The number of aliphatic imine (C=N–C) groups is 1. The molecule has 0 amide bonds. The van der Waals surface area contributed by atoms with E-state index >= 15 is 0 Å². The summed E-state index contributed by atoms with van der Waals surface area (Å²) >= 11 is 0. The third-order valence-electron chi connectivity index (χ3n) is 3.31. The molecule has 31 heavy (non-hydrogen) atoms. The van der Waals surface area contributed by atoms with Crippen molar-refractivity contribution in [1.82, 2.24) is 4.98 Å². The van der Waals surface area contributed by atoms with Gasteiger partial charge in [-0.15, -0.1) is 0 Å². The average Bonchev–Trinajstić information content (AvgIpc) is 2.71. The van der Waals surface area contributed by atoms with Crippen LogP contribution in [0, 0.1) is 30.6 Å². The molecule has 0 bridgehead atoms. The van der Waals surface area contributed by atoms with Gasteiger partial charge in [0.25, 0.3) is 0 Å². The van der Waals surface area contributed by atoms with Crippen LogP contribution in [0.2, 0.25) is 0 Å². The number of ether oxygens (including phenoxy) is 1. The molecule has 1 heterocycles. The molecule has 0 fully saturated rings. The Morgan fingerprint density at radius 3 is 2.06 bits per heavy atom. The summed E-state index contributed by atoms with van der Waals surface area (Å²) in [7, 11) is 1.36. The first-order valence-corrected chi connectivity index (χ1v) is 7.93. The molecular weight excluding hydrogens is 464 g/mol. The van der Waals surface area contributed by atoms with Gasteiger partial charge in [-0.05, 0) is 30.3 Å². The molecule has 3 rings (SSSR count). The molecular formula is C18H14CuN4O8. The van der Waals surface area contributed by atoms with Gasteiger partial charge >= 0.3 is 23.0 Å². The second-order valence-corrected chi connectivity index (χ2v) is 5.17. The Kier molecular flexibility index (Phi) is 12.1.